The number of aromatic nitrogens is 1. The van der Waals surface area contributed by atoms with E-state index in [1.165, 1.54) is 35.6 Å². The highest BCUT2D eigenvalue weighted by atomic mass is 35.5. The number of thiazole rings is 1. The van der Waals surface area contributed by atoms with E-state index in [0.29, 0.717) is 28.6 Å². The Bertz CT molecular complexity index is 1030. The number of nitro benzene ring substituents is 1. The van der Waals surface area contributed by atoms with E-state index in [2.05, 4.69) is 4.98 Å². The van der Waals surface area contributed by atoms with E-state index in [-0.39, 0.29) is 12.3 Å². The van der Waals surface area contributed by atoms with Gasteiger partial charge in [-0.3, -0.25) is 10.1 Å². The van der Waals surface area contributed by atoms with Gasteiger partial charge in [0.1, 0.15) is 24.0 Å². The van der Waals surface area contributed by atoms with Gasteiger partial charge in [-0.05, 0) is 35.9 Å². The van der Waals surface area contributed by atoms with Crippen molar-refractivity contribution in [2.45, 2.75) is 13.2 Å². The third kappa shape index (κ3) is 6.41. The summed E-state index contributed by atoms with van der Waals surface area (Å²) in [6.45, 7) is 0.322. The van der Waals surface area contributed by atoms with Crippen LogP contribution in [-0.4, -0.2) is 15.9 Å². The lowest BCUT2D eigenvalue weighted by molar-refractivity contribution is -0.384. The number of nitro groups is 1. The van der Waals surface area contributed by atoms with E-state index in [0.717, 1.165) is 5.01 Å². The molecule has 0 saturated heterocycles. The number of non-ortho nitro benzene ring substituents is 1. The number of esters is 1. The summed E-state index contributed by atoms with van der Waals surface area (Å²) >= 11 is 7.23. The van der Waals surface area contributed by atoms with Crippen LogP contribution in [0, 0.1) is 10.1 Å². The van der Waals surface area contributed by atoms with E-state index in [1.54, 1.807) is 41.8 Å². The highest BCUT2D eigenvalue weighted by molar-refractivity contribution is 7.09. The third-order valence-electron chi connectivity index (χ3n) is 3.63. The van der Waals surface area contributed by atoms with Crippen LogP contribution in [0.15, 0.2) is 60.0 Å². The molecule has 1 aromatic heterocycles. The minimum atomic E-state index is -0.566. The van der Waals surface area contributed by atoms with Gasteiger partial charge in [-0.25, -0.2) is 9.78 Å². The van der Waals surface area contributed by atoms with Gasteiger partial charge >= 0.3 is 5.97 Å². The van der Waals surface area contributed by atoms with Crippen LogP contribution in [0.5, 0.6) is 5.75 Å². The standard InChI is InChI=1S/C20H15ClN2O5S/c21-15-5-7-18(8-6-15)27-12-19-22-16(13-29-19)11-28-20(24)9-4-14-2-1-3-17(10-14)23(25)26/h1-10,13H,11-12H2/b9-4+. The number of halogens is 1. The fraction of sp³-hybridized carbons (Fsp3) is 0.100. The molecule has 0 radical (unpaired) electrons. The Morgan fingerprint density at radius 2 is 2.00 bits per heavy atom. The molecule has 0 N–H and O–H groups in total. The lowest BCUT2D eigenvalue weighted by Gasteiger charge is -2.03. The molecule has 0 aliphatic heterocycles. The van der Waals surface area contributed by atoms with E-state index >= 15 is 0 Å². The van der Waals surface area contributed by atoms with Crippen LogP contribution >= 0.6 is 22.9 Å². The Morgan fingerprint density at radius 3 is 2.76 bits per heavy atom. The Balaban J connectivity index is 1.47. The number of rotatable bonds is 8. The Kier molecular flexibility index (Phi) is 6.94. The quantitative estimate of drug-likeness (QED) is 0.215. The monoisotopic (exact) mass is 430 g/mol. The molecule has 29 heavy (non-hydrogen) atoms. The molecular weight excluding hydrogens is 416 g/mol. The normalized spacial score (nSPS) is 10.8. The number of hydrogen-bond acceptors (Lipinski definition) is 7. The third-order valence-corrected chi connectivity index (χ3v) is 4.75. The van der Waals surface area contributed by atoms with E-state index in [1.807, 2.05) is 0 Å². The first-order valence-corrected chi connectivity index (χ1v) is 9.66. The second-order valence-corrected chi connectivity index (χ2v) is 7.15. The first-order valence-electron chi connectivity index (χ1n) is 8.40. The molecule has 0 amide bonds. The fourth-order valence-corrected chi connectivity index (χ4v) is 3.07. The van der Waals surface area contributed by atoms with E-state index in [9.17, 15) is 14.9 Å². The van der Waals surface area contributed by atoms with Crippen molar-refractivity contribution in [3.05, 3.63) is 91.4 Å². The maximum atomic E-state index is 11.9. The van der Waals surface area contributed by atoms with Crippen molar-refractivity contribution in [3.63, 3.8) is 0 Å². The molecule has 0 aliphatic rings. The van der Waals surface area contributed by atoms with Crippen LogP contribution < -0.4 is 4.74 Å². The van der Waals surface area contributed by atoms with Gasteiger partial charge in [0.05, 0.1) is 10.6 Å². The van der Waals surface area contributed by atoms with Crippen LogP contribution in [0.3, 0.4) is 0 Å². The van der Waals surface area contributed by atoms with Gasteiger partial charge in [0.2, 0.25) is 0 Å². The van der Waals surface area contributed by atoms with Crippen LogP contribution in [0.1, 0.15) is 16.3 Å². The minimum Gasteiger partial charge on any atom is -0.486 e. The number of carbonyl (C=O) groups excluding carboxylic acids is 1. The molecule has 0 atom stereocenters. The molecule has 9 heteroatoms. The molecule has 0 fully saturated rings. The first kappa shape index (κ1) is 20.5. The van der Waals surface area contributed by atoms with Crippen molar-refractivity contribution in [2.24, 2.45) is 0 Å². The van der Waals surface area contributed by atoms with Gasteiger partial charge in [0, 0.05) is 28.6 Å². The zero-order valence-electron chi connectivity index (χ0n) is 15.0. The van der Waals surface area contributed by atoms with Crippen molar-refractivity contribution < 1.29 is 19.2 Å². The minimum absolute atomic E-state index is 0.0234. The smallest absolute Gasteiger partial charge is 0.331 e. The second-order valence-electron chi connectivity index (χ2n) is 5.77. The molecule has 3 aromatic rings. The summed E-state index contributed by atoms with van der Waals surface area (Å²) in [5.41, 5.74) is 1.10. The summed E-state index contributed by atoms with van der Waals surface area (Å²) in [7, 11) is 0. The molecule has 0 bridgehead atoms. The SMILES string of the molecule is O=C(/C=C/c1cccc([N+](=O)[O-])c1)OCc1csc(COc2ccc(Cl)cc2)n1. The number of ether oxygens (including phenoxy) is 2. The average Bonchev–Trinajstić information content (AvgIpc) is 3.18. The van der Waals surface area contributed by atoms with Crippen LogP contribution in [0.2, 0.25) is 5.02 Å². The number of nitrogens with zero attached hydrogens (tertiary/aromatic N) is 2. The molecule has 0 spiro atoms. The molecular formula is C20H15ClN2O5S. The summed E-state index contributed by atoms with van der Waals surface area (Å²) in [6.07, 6.45) is 2.68. The van der Waals surface area contributed by atoms with Crippen molar-refractivity contribution in [3.8, 4) is 5.75 Å². The molecule has 0 saturated carbocycles. The van der Waals surface area contributed by atoms with Gasteiger partial charge < -0.3 is 9.47 Å². The molecule has 0 aliphatic carbocycles. The van der Waals surface area contributed by atoms with E-state index < -0.39 is 10.9 Å². The van der Waals surface area contributed by atoms with Crippen LogP contribution in [0.4, 0.5) is 5.69 Å². The summed E-state index contributed by atoms with van der Waals surface area (Å²) < 4.78 is 10.8. The predicted octanol–water partition coefficient (Wildman–Crippen LogP) is 5.04. The summed E-state index contributed by atoms with van der Waals surface area (Å²) in [6, 6.07) is 13.0. The molecule has 0 unspecified atom stereocenters. The Morgan fingerprint density at radius 1 is 1.21 bits per heavy atom. The van der Waals surface area contributed by atoms with Gasteiger partial charge in [-0.15, -0.1) is 11.3 Å². The fourth-order valence-electron chi connectivity index (χ4n) is 2.26. The highest BCUT2D eigenvalue weighted by Crippen LogP contribution is 2.19. The van der Waals surface area contributed by atoms with Gasteiger partial charge in [-0.2, -0.15) is 0 Å². The van der Waals surface area contributed by atoms with Crippen molar-refractivity contribution in [1.82, 2.24) is 4.98 Å². The van der Waals surface area contributed by atoms with Gasteiger partial charge in [0.25, 0.3) is 5.69 Å². The largest absolute Gasteiger partial charge is 0.486 e. The maximum Gasteiger partial charge on any atom is 0.331 e. The van der Waals surface area contributed by atoms with E-state index in [4.69, 9.17) is 21.1 Å². The molecule has 2 aromatic carbocycles. The van der Waals surface area contributed by atoms with Crippen molar-refractivity contribution in [2.75, 3.05) is 0 Å². The highest BCUT2D eigenvalue weighted by Gasteiger charge is 2.07. The topological polar surface area (TPSA) is 91.6 Å². The van der Waals surface area contributed by atoms with Crippen LogP contribution in [-0.2, 0) is 22.7 Å². The molecule has 7 nitrogen and oxygen atoms in total. The number of benzene rings is 2. The lowest BCUT2D eigenvalue weighted by atomic mass is 10.2. The Labute approximate surface area is 175 Å². The number of carbonyl (C=O) groups is 1. The van der Waals surface area contributed by atoms with Crippen molar-refractivity contribution >= 4 is 40.7 Å². The summed E-state index contributed by atoms with van der Waals surface area (Å²) in [5, 5.41) is 13.9. The lowest BCUT2D eigenvalue weighted by Crippen LogP contribution is -2.01. The molecule has 1 heterocycles. The molecule has 148 valence electrons. The van der Waals surface area contributed by atoms with Crippen LogP contribution in [0.25, 0.3) is 6.08 Å². The zero-order chi connectivity index (χ0) is 20.6. The van der Waals surface area contributed by atoms with Crippen molar-refractivity contribution in [1.29, 1.82) is 0 Å². The predicted molar refractivity (Wildman–Crippen MR) is 110 cm³/mol. The second kappa shape index (κ2) is 9.81. The van der Waals surface area contributed by atoms with Gasteiger partial charge in [-0.1, -0.05) is 23.7 Å². The summed E-state index contributed by atoms with van der Waals surface area (Å²) in [4.78, 5) is 26.5. The Hall–Kier alpha value is -3.23. The maximum absolute atomic E-state index is 11.9. The first-order chi connectivity index (χ1) is 14.0. The average molecular weight is 431 g/mol. The number of hydrogen-bond donors (Lipinski definition) is 0. The molecule has 3 rings (SSSR count). The summed E-state index contributed by atoms with van der Waals surface area (Å²) in [5.74, 6) is 0.118. The van der Waals surface area contributed by atoms with Gasteiger partial charge in [0.15, 0.2) is 0 Å². The zero-order valence-corrected chi connectivity index (χ0v) is 16.6.